The number of ether oxygens (including phenoxy) is 1. The Morgan fingerprint density at radius 2 is 1.93 bits per heavy atom. The Bertz CT molecular complexity index is 949. The summed E-state index contributed by atoms with van der Waals surface area (Å²) in [5.74, 6) is 0.824. The third kappa shape index (κ3) is 2.99. The zero-order valence-electron chi connectivity index (χ0n) is 15.6. The summed E-state index contributed by atoms with van der Waals surface area (Å²) in [4.78, 5) is 15.0. The number of aromatic amines is 1. The number of carbonyl (C=O) groups excluding carboxylic acids is 1. The van der Waals surface area contributed by atoms with Crippen molar-refractivity contribution in [3.05, 3.63) is 71.4 Å². The number of nitrogens with one attached hydrogen (secondary N) is 1. The van der Waals surface area contributed by atoms with Crippen molar-refractivity contribution < 1.29 is 9.53 Å². The molecule has 1 aliphatic heterocycles. The molecule has 5 heteroatoms. The second kappa shape index (κ2) is 7.27. The highest BCUT2D eigenvalue weighted by Gasteiger charge is 2.41. The van der Waals surface area contributed by atoms with Crippen LogP contribution >= 0.6 is 0 Å². The monoisotopic (exact) mass is 361 g/mol. The van der Waals surface area contributed by atoms with Gasteiger partial charge in [0.25, 0.3) is 5.91 Å². The number of rotatable bonds is 6. The first-order chi connectivity index (χ1) is 13.2. The lowest BCUT2D eigenvalue weighted by molar-refractivity contribution is 0.0743. The van der Waals surface area contributed by atoms with E-state index >= 15 is 0 Å². The quantitative estimate of drug-likeness (QED) is 0.706. The van der Waals surface area contributed by atoms with E-state index in [1.807, 2.05) is 60.4 Å². The molecular formula is C22H23N3O2. The lowest BCUT2D eigenvalue weighted by Gasteiger charge is -2.26. The summed E-state index contributed by atoms with van der Waals surface area (Å²) in [5, 5.41) is 7.47. The smallest absolute Gasteiger partial charge is 0.273 e. The van der Waals surface area contributed by atoms with Gasteiger partial charge in [-0.25, -0.2) is 0 Å². The van der Waals surface area contributed by atoms with Crippen molar-refractivity contribution in [2.45, 2.75) is 26.3 Å². The maximum absolute atomic E-state index is 13.0. The number of amides is 1. The third-order valence-corrected chi connectivity index (χ3v) is 4.86. The maximum Gasteiger partial charge on any atom is 0.273 e. The number of aromatic nitrogens is 2. The third-order valence-electron chi connectivity index (χ3n) is 4.86. The predicted molar refractivity (Wildman–Crippen MR) is 105 cm³/mol. The standard InChI is InChI=1S/C22H23N3O2/c1-3-13-25-21(16-11-8-12-17(14-16)27-4-2)18-19(15-9-6-5-7-10-15)23-24-20(18)22(25)26/h5-12,14,21H,3-4,13H2,1-2H3,(H,23,24). The van der Waals surface area contributed by atoms with Crippen LogP contribution in [0.2, 0.25) is 0 Å². The zero-order chi connectivity index (χ0) is 18.8. The fourth-order valence-electron chi connectivity index (χ4n) is 3.77. The molecule has 2 aromatic carbocycles. The van der Waals surface area contributed by atoms with Crippen LogP contribution in [0.5, 0.6) is 5.75 Å². The molecule has 1 aromatic heterocycles. The minimum atomic E-state index is -0.165. The van der Waals surface area contributed by atoms with Gasteiger partial charge in [-0.1, -0.05) is 49.4 Å². The molecule has 1 amide bonds. The highest BCUT2D eigenvalue weighted by Crippen LogP contribution is 2.43. The van der Waals surface area contributed by atoms with Gasteiger partial charge in [-0.05, 0) is 31.0 Å². The van der Waals surface area contributed by atoms with Gasteiger partial charge >= 0.3 is 0 Å². The Labute approximate surface area is 159 Å². The number of carbonyl (C=O) groups is 1. The van der Waals surface area contributed by atoms with E-state index in [9.17, 15) is 4.79 Å². The van der Waals surface area contributed by atoms with Gasteiger partial charge in [0.15, 0.2) is 0 Å². The van der Waals surface area contributed by atoms with Gasteiger partial charge in [-0.2, -0.15) is 5.10 Å². The second-order valence-electron chi connectivity index (χ2n) is 6.63. The molecule has 2 heterocycles. The molecular weight excluding hydrogens is 338 g/mol. The van der Waals surface area contributed by atoms with Gasteiger partial charge in [0, 0.05) is 17.7 Å². The van der Waals surface area contributed by atoms with Crippen molar-refractivity contribution >= 4 is 5.91 Å². The summed E-state index contributed by atoms with van der Waals surface area (Å²) < 4.78 is 5.69. The number of nitrogens with zero attached hydrogens (tertiary/aromatic N) is 2. The first-order valence-corrected chi connectivity index (χ1v) is 9.42. The van der Waals surface area contributed by atoms with Crippen molar-refractivity contribution in [1.82, 2.24) is 15.1 Å². The van der Waals surface area contributed by atoms with Crippen molar-refractivity contribution in [3.8, 4) is 17.0 Å². The number of benzene rings is 2. The van der Waals surface area contributed by atoms with Crippen LogP contribution in [0.15, 0.2) is 54.6 Å². The first-order valence-electron chi connectivity index (χ1n) is 9.42. The maximum atomic E-state index is 13.0. The number of hydrogen-bond donors (Lipinski definition) is 1. The highest BCUT2D eigenvalue weighted by atomic mass is 16.5. The van der Waals surface area contributed by atoms with Gasteiger partial charge in [-0.15, -0.1) is 0 Å². The van der Waals surface area contributed by atoms with E-state index < -0.39 is 0 Å². The molecule has 4 rings (SSSR count). The molecule has 5 nitrogen and oxygen atoms in total. The molecule has 138 valence electrons. The number of hydrogen-bond acceptors (Lipinski definition) is 3. The summed E-state index contributed by atoms with van der Waals surface area (Å²) in [6.45, 7) is 5.36. The van der Waals surface area contributed by atoms with Crippen LogP contribution in [0.3, 0.4) is 0 Å². The molecule has 0 spiro atoms. The van der Waals surface area contributed by atoms with E-state index in [0.29, 0.717) is 18.8 Å². The molecule has 27 heavy (non-hydrogen) atoms. The molecule has 1 N–H and O–H groups in total. The van der Waals surface area contributed by atoms with E-state index in [1.54, 1.807) is 0 Å². The van der Waals surface area contributed by atoms with Crippen molar-refractivity contribution in [2.24, 2.45) is 0 Å². The van der Waals surface area contributed by atoms with Crippen LogP contribution in [-0.4, -0.2) is 34.2 Å². The SMILES string of the molecule is CCCN1C(=O)c2[nH]nc(-c3ccccc3)c2C1c1cccc(OCC)c1. The van der Waals surface area contributed by atoms with Crippen molar-refractivity contribution in [1.29, 1.82) is 0 Å². The zero-order valence-corrected chi connectivity index (χ0v) is 15.6. The normalized spacial score (nSPS) is 15.9. The Kier molecular flexibility index (Phi) is 4.67. The number of fused-ring (bicyclic) bond motifs is 1. The molecule has 1 aliphatic rings. The van der Waals surface area contributed by atoms with E-state index in [2.05, 4.69) is 23.2 Å². The fraction of sp³-hybridized carbons (Fsp3) is 0.273. The second-order valence-corrected chi connectivity index (χ2v) is 6.63. The van der Waals surface area contributed by atoms with Gasteiger partial charge in [0.2, 0.25) is 0 Å². The largest absolute Gasteiger partial charge is 0.494 e. The summed E-state index contributed by atoms with van der Waals surface area (Å²) in [7, 11) is 0. The average Bonchev–Trinajstić information content (AvgIpc) is 3.23. The Hall–Kier alpha value is -3.08. The van der Waals surface area contributed by atoms with Gasteiger partial charge in [-0.3, -0.25) is 9.89 Å². The lowest BCUT2D eigenvalue weighted by Crippen LogP contribution is -2.30. The van der Waals surface area contributed by atoms with Gasteiger partial charge in [0.1, 0.15) is 11.4 Å². The van der Waals surface area contributed by atoms with E-state index in [4.69, 9.17) is 4.74 Å². The predicted octanol–water partition coefficient (Wildman–Crippen LogP) is 4.43. The summed E-state index contributed by atoms with van der Waals surface area (Å²) in [6.07, 6.45) is 0.895. The van der Waals surface area contributed by atoms with Crippen LogP contribution in [0.4, 0.5) is 0 Å². The Balaban J connectivity index is 1.86. The van der Waals surface area contributed by atoms with Gasteiger partial charge in [0.05, 0.1) is 18.3 Å². The van der Waals surface area contributed by atoms with Crippen LogP contribution < -0.4 is 4.74 Å². The number of H-pyrrole nitrogens is 1. The molecule has 0 fully saturated rings. The molecule has 0 bridgehead atoms. The van der Waals surface area contributed by atoms with E-state index in [-0.39, 0.29) is 11.9 Å². The fourth-order valence-corrected chi connectivity index (χ4v) is 3.77. The van der Waals surface area contributed by atoms with Crippen molar-refractivity contribution in [2.75, 3.05) is 13.2 Å². The molecule has 1 atom stereocenters. The Morgan fingerprint density at radius 1 is 1.11 bits per heavy atom. The molecule has 0 saturated carbocycles. The topological polar surface area (TPSA) is 58.2 Å². The molecule has 0 aliphatic carbocycles. The van der Waals surface area contributed by atoms with Crippen LogP contribution in [-0.2, 0) is 0 Å². The van der Waals surface area contributed by atoms with E-state index in [1.165, 1.54) is 0 Å². The summed E-state index contributed by atoms with van der Waals surface area (Å²) in [6, 6.07) is 17.9. The van der Waals surface area contributed by atoms with Crippen LogP contribution in [0.1, 0.15) is 47.9 Å². The summed E-state index contributed by atoms with van der Waals surface area (Å²) >= 11 is 0. The average molecular weight is 361 g/mol. The van der Waals surface area contributed by atoms with Crippen molar-refractivity contribution in [3.63, 3.8) is 0 Å². The molecule has 0 saturated heterocycles. The first kappa shape index (κ1) is 17.3. The summed E-state index contributed by atoms with van der Waals surface area (Å²) in [5.41, 5.74) is 4.43. The molecule has 1 unspecified atom stereocenters. The lowest BCUT2D eigenvalue weighted by atomic mass is 9.96. The van der Waals surface area contributed by atoms with Crippen LogP contribution in [0, 0.1) is 0 Å². The molecule has 3 aromatic rings. The van der Waals surface area contributed by atoms with Gasteiger partial charge < -0.3 is 9.64 Å². The van der Waals surface area contributed by atoms with E-state index in [0.717, 1.165) is 34.6 Å². The Morgan fingerprint density at radius 3 is 2.67 bits per heavy atom. The minimum absolute atomic E-state index is 0.00773. The molecule has 0 radical (unpaired) electrons. The van der Waals surface area contributed by atoms with Crippen LogP contribution in [0.25, 0.3) is 11.3 Å². The minimum Gasteiger partial charge on any atom is -0.494 e. The highest BCUT2D eigenvalue weighted by molar-refractivity contribution is 6.00.